The van der Waals surface area contributed by atoms with Gasteiger partial charge in [0.1, 0.15) is 4.21 Å². The van der Waals surface area contributed by atoms with Crippen molar-refractivity contribution < 1.29 is 8.42 Å². The lowest BCUT2D eigenvalue weighted by Gasteiger charge is -2.18. The molecule has 0 atom stereocenters. The lowest BCUT2D eigenvalue weighted by Crippen LogP contribution is -2.31. The predicted octanol–water partition coefficient (Wildman–Crippen LogP) is 1.79. The zero-order valence-corrected chi connectivity index (χ0v) is 12.3. The smallest absolute Gasteiger partial charge is 0.250 e. The normalized spacial score (nSPS) is 12.9. The predicted molar refractivity (Wildman–Crippen MR) is 71.7 cm³/mol. The first-order valence-electron chi connectivity index (χ1n) is 5.46. The van der Waals surface area contributed by atoms with E-state index >= 15 is 0 Å². The first kappa shape index (κ1) is 14.6. The number of nitrogens with one attached hydrogen (secondary N) is 2. The molecule has 0 aromatic carbocycles. The van der Waals surface area contributed by atoms with E-state index < -0.39 is 10.0 Å². The molecule has 17 heavy (non-hydrogen) atoms. The molecule has 2 N–H and O–H groups in total. The minimum Gasteiger partial charge on any atom is -0.316 e. The van der Waals surface area contributed by atoms with Gasteiger partial charge in [-0.3, -0.25) is 0 Å². The van der Waals surface area contributed by atoms with Crippen LogP contribution in [0.1, 0.15) is 26.3 Å². The minimum absolute atomic E-state index is 0.0574. The molecule has 0 aliphatic heterocycles. The third-order valence-corrected chi connectivity index (χ3v) is 4.96. The summed E-state index contributed by atoms with van der Waals surface area (Å²) < 4.78 is 27.0. The van der Waals surface area contributed by atoms with Gasteiger partial charge in [-0.1, -0.05) is 20.8 Å². The first-order valence-corrected chi connectivity index (χ1v) is 7.82. The third kappa shape index (κ3) is 4.75. The third-order valence-electron chi connectivity index (χ3n) is 2.07. The largest absolute Gasteiger partial charge is 0.316 e. The molecule has 4 nitrogen and oxygen atoms in total. The molecule has 0 radical (unpaired) electrons. The fraction of sp³-hybridized carbons (Fsp3) is 0.636. The second-order valence-electron chi connectivity index (χ2n) is 5.19. The van der Waals surface area contributed by atoms with Gasteiger partial charge < -0.3 is 5.32 Å². The van der Waals surface area contributed by atoms with E-state index in [4.69, 9.17) is 0 Å². The Morgan fingerprint density at radius 1 is 1.35 bits per heavy atom. The van der Waals surface area contributed by atoms with Crippen molar-refractivity contribution in [1.82, 2.24) is 10.0 Å². The molecule has 0 amide bonds. The highest BCUT2D eigenvalue weighted by atomic mass is 32.2. The van der Waals surface area contributed by atoms with Crippen molar-refractivity contribution in [3.05, 3.63) is 17.0 Å². The Hall–Kier alpha value is -0.430. The van der Waals surface area contributed by atoms with Crippen LogP contribution in [0.5, 0.6) is 0 Å². The van der Waals surface area contributed by atoms with Crippen LogP contribution < -0.4 is 10.0 Å². The van der Waals surface area contributed by atoms with Crippen molar-refractivity contribution in [2.45, 2.75) is 31.5 Å². The van der Waals surface area contributed by atoms with Gasteiger partial charge >= 0.3 is 0 Å². The van der Waals surface area contributed by atoms with Crippen LogP contribution >= 0.6 is 11.3 Å². The van der Waals surface area contributed by atoms with Gasteiger partial charge in [0, 0.05) is 13.1 Å². The van der Waals surface area contributed by atoms with Crippen LogP contribution in [-0.4, -0.2) is 22.0 Å². The molecule has 0 aliphatic rings. The monoisotopic (exact) mass is 276 g/mol. The molecule has 1 aromatic rings. The minimum atomic E-state index is -3.35. The molecule has 0 unspecified atom stereocenters. The summed E-state index contributed by atoms with van der Waals surface area (Å²) in [6.07, 6.45) is 0. The summed E-state index contributed by atoms with van der Waals surface area (Å²) in [5, 5.41) is 4.86. The second-order valence-corrected chi connectivity index (χ2v) is 8.09. The standard InChI is InChI=1S/C11H20N2O2S2/c1-11(2,3)8-13-17(14,15)10-5-9(6-12-4)7-16-10/h5,7,12-13H,6,8H2,1-4H3. The van der Waals surface area contributed by atoms with Crippen LogP contribution in [-0.2, 0) is 16.6 Å². The molecule has 0 aliphatic carbocycles. The molecule has 1 heterocycles. The average Bonchev–Trinajstić information content (AvgIpc) is 2.64. The summed E-state index contributed by atoms with van der Waals surface area (Å²) in [5.41, 5.74) is 0.937. The Labute approximate surface area is 107 Å². The van der Waals surface area contributed by atoms with Crippen LogP contribution in [0.3, 0.4) is 0 Å². The molecule has 6 heteroatoms. The molecule has 98 valence electrons. The lowest BCUT2D eigenvalue weighted by molar-refractivity contribution is 0.408. The van der Waals surface area contributed by atoms with Gasteiger partial charge in [0.15, 0.2) is 0 Å². The van der Waals surface area contributed by atoms with Crippen LogP contribution in [0.4, 0.5) is 0 Å². The molecular formula is C11H20N2O2S2. The molecule has 0 bridgehead atoms. The van der Waals surface area contributed by atoms with Crippen molar-refractivity contribution in [3.8, 4) is 0 Å². The summed E-state index contributed by atoms with van der Waals surface area (Å²) in [6.45, 7) is 7.11. The highest BCUT2D eigenvalue weighted by molar-refractivity contribution is 7.91. The fourth-order valence-electron chi connectivity index (χ4n) is 1.17. The van der Waals surface area contributed by atoms with E-state index in [9.17, 15) is 8.42 Å². The summed E-state index contributed by atoms with van der Waals surface area (Å²) in [5.74, 6) is 0. The molecule has 1 rings (SSSR count). The maximum Gasteiger partial charge on any atom is 0.250 e. The van der Waals surface area contributed by atoms with Gasteiger partial charge in [0.25, 0.3) is 0 Å². The van der Waals surface area contributed by atoms with Crippen LogP contribution in [0.2, 0.25) is 0 Å². The van der Waals surface area contributed by atoms with E-state index in [0.717, 1.165) is 5.56 Å². The Morgan fingerprint density at radius 3 is 2.53 bits per heavy atom. The van der Waals surface area contributed by atoms with Crippen molar-refractivity contribution in [1.29, 1.82) is 0 Å². The number of hydrogen-bond donors (Lipinski definition) is 2. The van der Waals surface area contributed by atoms with Crippen LogP contribution in [0.25, 0.3) is 0 Å². The van der Waals surface area contributed by atoms with E-state index in [1.54, 1.807) is 6.07 Å². The van der Waals surface area contributed by atoms with Gasteiger partial charge in [-0.05, 0) is 29.5 Å². The number of thiophene rings is 1. The second kappa shape index (κ2) is 5.48. The van der Waals surface area contributed by atoms with Crippen molar-refractivity contribution in [3.63, 3.8) is 0 Å². The Bertz CT molecular complexity index is 458. The fourth-order valence-corrected chi connectivity index (χ4v) is 3.71. The average molecular weight is 276 g/mol. The van der Waals surface area contributed by atoms with Gasteiger partial charge in [-0.25, -0.2) is 13.1 Å². The van der Waals surface area contributed by atoms with E-state index in [2.05, 4.69) is 10.0 Å². The first-order chi connectivity index (χ1) is 7.74. The van der Waals surface area contributed by atoms with Crippen molar-refractivity contribution in [2.75, 3.05) is 13.6 Å². The van der Waals surface area contributed by atoms with E-state index in [-0.39, 0.29) is 5.41 Å². The Balaban J connectivity index is 2.75. The zero-order valence-electron chi connectivity index (χ0n) is 10.7. The molecule has 0 saturated heterocycles. The van der Waals surface area contributed by atoms with Gasteiger partial charge in [-0.2, -0.15) is 0 Å². The van der Waals surface area contributed by atoms with Crippen molar-refractivity contribution in [2.24, 2.45) is 5.41 Å². The SMILES string of the molecule is CNCc1csc(S(=O)(=O)NCC(C)(C)C)c1. The summed E-state index contributed by atoms with van der Waals surface area (Å²) in [4.78, 5) is 0. The van der Waals surface area contributed by atoms with Gasteiger partial charge in [0.2, 0.25) is 10.0 Å². The highest BCUT2D eigenvalue weighted by Crippen LogP contribution is 2.21. The topological polar surface area (TPSA) is 58.2 Å². The molecular weight excluding hydrogens is 256 g/mol. The Morgan fingerprint density at radius 2 is 2.00 bits per heavy atom. The number of hydrogen-bond acceptors (Lipinski definition) is 4. The molecule has 1 aromatic heterocycles. The highest BCUT2D eigenvalue weighted by Gasteiger charge is 2.19. The van der Waals surface area contributed by atoms with Crippen molar-refractivity contribution >= 4 is 21.4 Å². The zero-order chi connectivity index (χ0) is 13.1. The van der Waals surface area contributed by atoms with Crippen LogP contribution in [0.15, 0.2) is 15.7 Å². The maximum absolute atomic E-state index is 12.0. The van der Waals surface area contributed by atoms with E-state index in [1.165, 1.54) is 11.3 Å². The summed E-state index contributed by atoms with van der Waals surface area (Å²) >= 11 is 1.26. The molecule has 0 spiro atoms. The summed E-state index contributed by atoms with van der Waals surface area (Å²) in [7, 11) is -1.51. The number of rotatable bonds is 5. The molecule has 0 saturated carbocycles. The van der Waals surface area contributed by atoms with Gasteiger partial charge in [-0.15, -0.1) is 11.3 Å². The van der Waals surface area contributed by atoms with Crippen LogP contribution in [0, 0.1) is 5.41 Å². The Kier molecular flexibility index (Phi) is 4.71. The van der Waals surface area contributed by atoms with E-state index in [1.807, 2.05) is 33.2 Å². The maximum atomic E-state index is 12.0. The number of sulfonamides is 1. The quantitative estimate of drug-likeness (QED) is 0.862. The molecule has 0 fully saturated rings. The van der Waals surface area contributed by atoms with Gasteiger partial charge in [0.05, 0.1) is 0 Å². The van der Waals surface area contributed by atoms with E-state index in [0.29, 0.717) is 17.3 Å². The summed E-state index contributed by atoms with van der Waals surface area (Å²) in [6, 6.07) is 1.71. The lowest BCUT2D eigenvalue weighted by atomic mass is 9.98.